The van der Waals surface area contributed by atoms with Crippen molar-refractivity contribution in [3.8, 4) is 0 Å². The molecule has 17 heavy (non-hydrogen) atoms. The largest absolute Gasteiger partial charge is 0.458 e. The molecule has 0 aromatic rings. The molecule has 0 atom stereocenters. The lowest BCUT2D eigenvalue weighted by Gasteiger charge is -2.33. The van der Waals surface area contributed by atoms with Gasteiger partial charge in [0, 0.05) is 5.41 Å². The highest BCUT2D eigenvalue weighted by atomic mass is 31.2. The lowest BCUT2D eigenvalue weighted by atomic mass is 9.92. The van der Waals surface area contributed by atoms with E-state index in [-0.39, 0.29) is 5.41 Å². The molecule has 0 radical (unpaired) electrons. The zero-order valence-electron chi connectivity index (χ0n) is 11.2. The van der Waals surface area contributed by atoms with Gasteiger partial charge in [0.15, 0.2) is 0 Å². The summed E-state index contributed by atoms with van der Waals surface area (Å²) in [5.41, 5.74) is 0.670. The van der Waals surface area contributed by atoms with E-state index >= 15 is 0 Å². The van der Waals surface area contributed by atoms with Crippen molar-refractivity contribution in [2.75, 3.05) is 19.8 Å². The quantitative estimate of drug-likeness (QED) is 0.712. The molecule has 0 aliphatic carbocycles. The summed E-state index contributed by atoms with van der Waals surface area (Å²) in [6, 6.07) is 0. The van der Waals surface area contributed by atoms with Crippen molar-refractivity contribution in [2.24, 2.45) is 5.41 Å². The van der Waals surface area contributed by atoms with E-state index in [0.29, 0.717) is 19.8 Å². The van der Waals surface area contributed by atoms with E-state index in [9.17, 15) is 4.57 Å². The number of hydrogen-bond acceptors (Lipinski definition) is 4. The SMILES string of the molecule is CCOP(=O)(OCC)N1OCC=C1C(C)(C)C. The fourth-order valence-electron chi connectivity index (χ4n) is 1.60. The van der Waals surface area contributed by atoms with Gasteiger partial charge in [0.25, 0.3) is 0 Å². The van der Waals surface area contributed by atoms with Gasteiger partial charge in [-0.3, -0.25) is 13.9 Å². The molecule has 1 heterocycles. The minimum Gasteiger partial charge on any atom is -0.291 e. The molecule has 0 bridgehead atoms. The fourth-order valence-corrected chi connectivity index (χ4v) is 3.39. The lowest BCUT2D eigenvalue weighted by molar-refractivity contribution is -0.0636. The minimum atomic E-state index is -3.38. The second-order valence-corrected chi connectivity index (χ2v) is 6.53. The molecule has 0 spiro atoms. The first-order chi connectivity index (χ1) is 7.85. The van der Waals surface area contributed by atoms with Crippen LogP contribution in [0.1, 0.15) is 34.6 Å². The van der Waals surface area contributed by atoms with Crippen LogP contribution in [0.5, 0.6) is 0 Å². The van der Waals surface area contributed by atoms with Crippen molar-refractivity contribution >= 4 is 7.75 Å². The molecule has 0 N–H and O–H groups in total. The number of nitrogens with zero attached hydrogens (tertiary/aromatic N) is 1. The van der Waals surface area contributed by atoms with Gasteiger partial charge in [-0.1, -0.05) is 20.8 Å². The molecule has 0 amide bonds. The van der Waals surface area contributed by atoms with Gasteiger partial charge < -0.3 is 0 Å². The summed E-state index contributed by atoms with van der Waals surface area (Å²) in [5, 5.41) is 0. The Kier molecular flexibility index (Phi) is 4.78. The van der Waals surface area contributed by atoms with Crippen LogP contribution in [-0.4, -0.2) is 24.7 Å². The molecular weight excluding hydrogens is 241 g/mol. The normalized spacial score (nSPS) is 17.5. The van der Waals surface area contributed by atoms with Gasteiger partial charge in [-0.25, -0.2) is 4.57 Å². The van der Waals surface area contributed by atoms with Crippen LogP contribution in [0.2, 0.25) is 0 Å². The van der Waals surface area contributed by atoms with Crippen LogP contribution in [0, 0.1) is 5.41 Å². The Hall–Kier alpha value is -0.350. The van der Waals surface area contributed by atoms with Crippen LogP contribution in [0.15, 0.2) is 11.8 Å². The third-order valence-electron chi connectivity index (χ3n) is 2.25. The Labute approximate surface area is 103 Å². The third kappa shape index (κ3) is 3.32. The van der Waals surface area contributed by atoms with Gasteiger partial charge in [0.05, 0.1) is 25.5 Å². The molecule has 0 aromatic carbocycles. The molecular formula is C11H22NO4P. The maximum Gasteiger partial charge on any atom is 0.458 e. The minimum absolute atomic E-state index is 0.166. The highest BCUT2D eigenvalue weighted by Gasteiger charge is 2.42. The summed E-state index contributed by atoms with van der Waals surface area (Å²) < 4.78 is 23.1. The van der Waals surface area contributed by atoms with E-state index in [1.807, 2.05) is 26.8 Å². The average molecular weight is 263 g/mol. The Morgan fingerprint density at radius 2 is 1.88 bits per heavy atom. The smallest absolute Gasteiger partial charge is 0.291 e. The molecule has 0 saturated carbocycles. The molecule has 0 fully saturated rings. The first-order valence-corrected chi connectivity index (χ1v) is 7.38. The van der Waals surface area contributed by atoms with Crippen molar-refractivity contribution in [2.45, 2.75) is 34.6 Å². The monoisotopic (exact) mass is 263 g/mol. The third-order valence-corrected chi connectivity index (χ3v) is 4.20. The Morgan fingerprint density at radius 1 is 1.35 bits per heavy atom. The second kappa shape index (κ2) is 5.53. The van der Waals surface area contributed by atoms with Crippen LogP contribution in [0.25, 0.3) is 0 Å². The highest BCUT2D eigenvalue weighted by Crippen LogP contribution is 2.57. The maximum absolute atomic E-state index is 12.6. The van der Waals surface area contributed by atoms with Crippen molar-refractivity contribution in [1.82, 2.24) is 4.83 Å². The summed E-state index contributed by atoms with van der Waals surface area (Å²) in [5.74, 6) is 0. The summed E-state index contributed by atoms with van der Waals surface area (Å²) in [4.78, 5) is 6.71. The van der Waals surface area contributed by atoms with Crippen LogP contribution in [0.3, 0.4) is 0 Å². The van der Waals surface area contributed by atoms with E-state index in [1.54, 1.807) is 13.8 Å². The predicted octanol–water partition coefficient (Wildman–Crippen LogP) is 3.34. The van der Waals surface area contributed by atoms with E-state index in [4.69, 9.17) is 13.9 Å². The number of allylic oxidation sites excluding steroid dienone is 1. The fraction of sp³-hybridized carbons (Fsp3) is 0.818. The van der Waals surface area contributed by atoms with Crippen molar-refractivity contribution in [3.63, 3.8) is 0 Å². The lowest BCUT2D eigenvalue weighted by Crippen LogP contribution is -2.26. The number of hydroxylamine groups is 1. The van der Waals surface area contributed by atoms with Crippen molar-refractivity contribution in [1.29, 1.82) is 0 Å². The first kappa shape index (κ1) is 14.7. The van der Waals surface area contributed by atoms with Crippen LogP contribution in [-0.2, 0) is 18.5 Å². The predicted molar refractivity (Wildman–Crippen MR) is 66.2 cm³/mol. The molecule has 0 saturated heterocycles. The highest BCUT2D eigenvalue weighted by molar-refractivity contribution is 7.51. The van der Waals surface area contributed by atoms with Crippen molar-refractivity contribution in [3.05, 3.63) is 11.8 Å². The average Bonchev–Trinajstić information content (AvgIpc) is 2.66. The van der Waals surface area contributed by atoms with Gasteiger partial charge in [-0.15, -0.1) is 0 Å². The summed E-state index contributed by atoms with van der Waals surface area (Å²) >= 11 is 0. The van der Waals surface area contributed by atoms with Gasteiger partial charge >= 0.3 is 7.75 Å². The Morgan fingerprint density at radius 3 is 2.29 bits per heavy atom. The first-order valence-electron chi connectivity index (χ1n) is 5.88. The number of hydrogen-bond donors (Lipinski definition) is 0. The van der Waals surface area contributed by atoms with Gasteiger partial charge in [0.2, 0.25) is 0 Å². The molecule has 0 unspecified atom stereocenters. The zero-order valence-corrected chi connectivity index (χ0v) is 12.1. The Balaban J connectivity index is 2.97. The van der Waals surface area contributed by atoms with Crippen LogP contribution >= 0.6 is 7.75 Å². The van der Waals surface area contributed by atoms with Crippen LogP contribution < -0.4 is 0 Å². The zero-order chi connectivity index (χ0) is 13.1. The molecule has 1 rings (SSSR count). The summed E-state index contributed by atoms with van der Waals surface area (Å²) in [6.45, 7) is 10.7. The maximum atomic E-state index is 12.6. The molecule has 6 heteroatoms. The standard InChI is InChI=1S/C11H22NO4P/c1-6-15-17(13,16-7-2)12-10(8-9-14-12)11(3,4)5/h8H,6-7,9H2,1-5H3. The summed E-state index contributed by atoms with van der Waals surface area (Å²) in [7, 11) is -3.38. The molecule has 0 aromatic heterocycles. The van der Waals surface area contributed by atoms with E-state index < -0.39 is 7.75 Å². The van der Waals surface area contributed by atoms with Crippen molar-refractivity contribution < 1.29 is 18.5 Å². The van der Waals surface area contributed by atoms with Gasteiger partial charge in [-0.05, 0) is 19.9 Å². The molecule has 5 nitrogen and oxygen atoms in total. The summed E-state index contributed by atoms with van der Waals surface area (Å²) in [6.07, 6.45) is 1.91. The van der Waals surface area contributed by atoms with Gasteiger partial charge in [0.1, 0.15) is 0 Å². The van der Waals surface area contributed by atoms with E-state index in [0.717, 1.165) is 5.70 Å². The molecule has 1 aliphatic heterocycles. The molecule has 100 valence electrons. The molecule has 1 aliphatic rings. The second-order valence-electron chi connectivity index (χ2n) is 4.71. The Bertz CT molecular complexity index is 325. The van der Waals surface area contributed by atoms with Gasteiger partial charge in [-0.2, -0.15) is 4.83 Å². The van der Waals surface area contributed by atoms with E-state index in [1.165, 1.54) is 4.83 Å². The topological polar surface area (TPSA) is 48.0 Å². The number of rotatable bonds is 5. The van der Waals surface area contributed by atoms with E-state index in [2.05, 4.69) is 0 Å². The van der Waals surface area contributed by atoms with Crippen LogP contribution in [0.4, 0.5) is 0 Å².